The van der Waals surface area contributed by atoms with Crippen LogP contribution in [0.4, 0.5) is 0 Å². The van der Waals surface area contributed by atoms with E-state index in [0.29, 0.717) is 25.9 Å². The number of fused-ring (bicyclic) bond motifs is 1. The number of esters is 1. The fourth-order valence-corrected chi connectivity index (χ4v) is 5.76. The fraction of sp³-hybridized carbons (Fsp3) is 0.708. The number of amides is 2. The van der Waals surface area contributed by atoms with Crippen molar-refractivity contribution in [3.8, 4) is 0 Å². The van der Waals surface area contributed by atoms with Crippen LogP contribution >= 0.6 is 0 Å². The van der Waals surface area contributed by atoms with E-state index in [0.717, 1.165) is 12.8 Å². The molecule has 32 heavy (non-hydrogen) atoms. The maximum absolute atomic E-state index is 13.9. The summed E-state index contributed by atoms with van der Waals surface area (Å²) in [6.07, 6.45) is 5.93. The third-order valence-corrected chi connectivity index (χ3v) is 7.23. The Hall–Kier alpha value is -2.19. The fourth-order valence-electron chi connectivity index (χ4n) is 5.76. The SMILES string of the molecule is C=CCOC(=O)[C@H]1[C@H]2C(=O)N([C@H](C)CO)C(C(=O)N(CC=C)CCCC)C23CC[C@]1(C)O3. The molecule has 1 N–H and O–H groups in total. The van der Waals surface area contributed by atoms with Crippen LogP contribution in [0.3, 0.4) is 0 Å². The third kappa shape index (κ3) is 3.67. The van der Waals surface area contributed by atoms with Gasteiger partial charge in [0.1, 0.15) is 24.2 Å². The lowest BCUT2D eigenvalue weighted by atomic mass is 9.66. The van der Waals surface area contributed by atoms with Gasteiger partial charge in [0.2, 0.25) is 11.8 Å². The van der Waals surface area contributed by atoms with Crippen LogP contribution in [0.1, 0.15) is 46.5 Å². The summed E-state index contributed by atoms with van der Waals surface area (Å²) in [4.78, 5) is 43.8. The number of nitrogens with zero attached hydrogens (tertiary/aromatic N) is 2. The van der Waals surface area contributed by atoms with Gasteiger partial charge in [-0.15, -0.1) is 6.58 Å². The molecule has 0 aromatic carbocycles. The van der Waals surface area contributed by atoms with Crippen LogP contribution in [0, 0.1) is 11.8 Å². The number of unbranched alkanes of at least 4 members (excludes halogenated alkanes) is 1. The van der Waals surface area contributed by atoms with Crippen LogP contribution in [0.2, 0.25) is 0 Å². The molecule has 6 atom stereocenters. The number of likely N-dealkylation sites (tertiary alicyclic amines) is 1. The van der Waals surface area contributed by atoms with Crippen molar-refractivity contribution in [1.82, 2.24) is 9.80 Å². The zero-order valence-electron chi connectivity index (χ0n) is 19.4. The molecule has 3 aliphatic heterocycles. The number of carbonyl (C=O) groups excluding carboxylic acids is 3. The lowest BCUT2D eigenvalue weighted by Crippen LogP contribution is -2.58. The minimum atomic E-state index is -1.12. The van der Waals surface area contributed by atoms with Crippen molar-refractivity contribution in [2.75, 3.05) is 26.3 Å². The van der Waals surface area contributed by atoms with Gasteiger partial charge in [0.25, 0.3) is 0 Å². The molecule has 3 fully saturated rings. The predicted molar refractivity (Wildman–Crippen MR) is 118 cm³/mol. The summed E-state index contributed by atoms with van der Waals surface area (Å²) in [5.74, 6) is -2.69. The summed E-state index contributed by atoms with van der Waals surface area (Å²) in [5.41, 5.74) is -1.99. The van der Waals surface area contributed by atoms with Crippen molar-refractivity contribution >= 4 is 17.8 Å². The van der Waals surface area contributed by atoms with Gasteiger partial charge >= 0.3 is 5.97 Å². The van der Waals surface area contributed by atoms with Crippen molar-refractivity contribution in [2.24, 2.45) is 11.8 Å². The number of hydrogen-bond donors (Lipinski definition) is 1. The van der Waals surface area contributed by atoms with Crippen LogP contribution < -0.4 is 0 Å². The Morgan fingerprint density at radius 3 is 2.69 bits per heavy atom. The van der Waals surface area contributed by atoms with Gasteiger partial charge in [-0.1, -0.05) is 32.1 Å². The van der Waals surface area contributed by atoms with Gasteiger partial charge in [-0.2, -0.15) is 0 Å². The summed E-state index contributed by atoms with van der Waals surface area (Å²) >= 11 is 0. The lowest BCUT2D eigenvalue weighted by Gasteiger charge is -2.38. The lowest BCUT2D eigenvalue weighted by molar-refractivity contribution is -0.161. The van der Waals surface area contributed by atoms with Crippen LogP contribution in [-0.4, -0.2) is 82.3 Å². The highest BCUT2D eigenvalue weighted by Gasteiger charge is 2.78. The van der Waals surface area contributed by atoms with Crippen LogP contribution in [0.15, 0.2) is 25.3 Å². The van der Waals surface area contributed by atoms with Crippen molar-refractivity contribution in [3.63, 3.8) is 0 Å². The Morgan fingerprint density at radius 2 is 2.09 bits per heavy atom. The standard InChI is InChI=1S/C24H36N2O6/c1-6-9-13-25(12-7-2)21(29)19-24-11-10-23(5,32-24)18(22(30)31-14-8-3)17(24)20(28)26(19)16(4)15-27/h7-8,16-19,27H,2-3,6,9-15H2,1,4-5H3/t16-,17+,18-,19?,23+,24?/m1/s1. The van der Waals surface area contributed by atoms with Crippen molar-refractivity contribution in [3.05, 3.63) is 25.3 Å². The second-order valence-electron chi connectivity index (χ2n) is 9.35. The van der Waals surface area contributed by atoms with Crippen molar-refractivity contribution in [2.45, 2.75) is 69.7 Å². The second-order valence-corrected chi connectivity index (χ2v) is 9.35. The molecule has 178 valence electrons. The first kappa shape index (κ1) is 24.5. The van der Waals surface area contributed by atoms with E-state index in [9.17, 15) is 19.5 Å². The highest BCUT2D eigenvalue weighted by molar-refractivity contribution is 5.98. The second kappa shape index (κ2) is 9.35. The number of carbonyl (C=O) groups is 3. The van der Waals surface area contributed by atoms with Gasteiger partial charge in [0.15, 0.2) is 0 Å². The average Bonchev–Trinajstić information content (AvgIpc) is 3.34. The molecule has 3 heterocycles. The van der Waals surface area contributed by atoms with E-state index in [1.807, 2.05) is 13.8 Å². The number of aliphatic hydroxyl groups excluding tert-OH is 1. The number of aliphatic hydroxyl groups is 1. The Morgan fingerprint density at radius 1 is 1.38 bits per heavy atom. The Labute approximate surface area is 190 Å². The Balaban J connectivity index is 2.05. The molecular formula is C24H36N2O6. The van der Waals surface area contributed by atoms with E-state index >= 15 is 0 Å². The summed E-state index contributed by atoms with van der Waals surface area (Å²) in [6, 6.07) is -1.49. The first-order valence-corrected chi connectivity index (χ1v) is 11.5. The molecule has 1 spiro atoms. The third-order valence-electron chi connectivity index (χ3n) is 7.23. The number of ether oxygens (including phenoxy) is 2. The van der Waals surface area contributed by atoms with Gasteiger partial charge in [-0.25, -0.2) is 0 Å². The molecule has 8 heteroatoms. The van der Waals surface area contributed by atoms with Gasteiger partial charge in [-0.3, -0.25) is 14.4 Å². The minimum Gasteiger partial charge on any atom is -0.461 e. The number of rotatable bonds is 11. The molecular weight excluding hydrogens is 412 g/mol. The topological polar surface area (TPSA) is 96.4 Å². The molecule has 0 aliphatic carbocycles. The quantitative estimate of drug-likeness (QED) is 0.382. The van der Waals surface area contributed by atoms with E-state index in [1.165, 1.54) is 11.0 Å². The number of hydrogen-bond acceptors (Lipinski definition) is 6. The average molecular weight is 449 g/mol. The first-order valence-electron chi connectivity index (χ1n) is 11.5. The van der Waals surface area contributed by atoms with Gasteiger partial charge in [-0.05, 0) is 33.1 Å². The maximum Gasteiger partial charge on any atom is 0.313 e. The van der Waals surface area contributed by atoms with Gasteiger partial charge < -0.3 is 24.4 Å². The Kier molecular flexibility index (Phi) is 7.15. The van der Waals surface area contributed by atoms with E-state index in [4.69, 9.17) is 9.47 Å². The normalized spacial score (nSPS) is 33.7. The predicted octanol–water partition coefficient (Wildman–Crippen LogP) is 1.68. The molecule has 2 bridgehead atoms. The molecule has 3 rings (SSSR count). The molecule has 3 saturated heterocycles. The molecule has 0 aromatic heterocycles. The first-order chi connectivity index (χ1) is 15.2. The van der Waals surface area contributed by atoms with Crippen LogP contribution in [0.5, 0.6) is 0 Å². The van der Waals surface area contributed by atoms with Crippen molar-refractivity contribution in [1.29, 1.82) is 0 Å². The molecule has 0 saturated carbocycles. The van der Waals surface area contributed by atoms with E-state index < -0.39 is 41.1 Å². The van der Waals surface area contributed by atoms with Crippen molar-refractivity contribution < 1.29 is 29.0 Å². The zero-order valence-corrected chi connectivity index (χ0v) is 19.4. The highest BCUT2D eigenvalue weighted by Crippen LogP contribution is 2.63. The zero-order chi connectivity index (χ0) is 23.7. The summed E-state index contributed by atoms with van der Waals surface area (Å²) in [5, 5.41) is 9.89. The molecule has 2 amide bonds. The van der Waals surface area contributed by atoms with E-state index in [2.05, 4.69) is 13.2 Å². The minimum absolute atomic E-state index is 0.0442. The molecule has 8 nitrogen and oxygen atoms in total. The summed E-state index contributed by atoms with van der Waals surface area (Å²) < 4.78 is 11.8. The smallest absolute Gasteiger partial charge is 0.313 e. The maximum atomic E-state index is 13.9. The summed E-state index contributed by atoms with van der Waals surface area (Å²) in [6.45, 7) is 13.6. The van der Waals surface area contributed by atoms with Gasteiger partial charge in [0, 0.05) is 13.1 Å². The van der Waals surface area contributed by atoms with Crippen LogP contribution in [0.25, 0.3) is 0 Å². The molecule has 0 aromatic rings. The molecule has 0 radical (unpaired) electrons. The van der Waals surface area contributed by atoms with Crippen LogP contribution in [-0.2, 0) is 23.9 Å². The monoisotopic (exact) mass is 448 g/mol. The van der Waals surface area contributed by atoms with Gasteiger partial charge in [0.05, 0.1) is 24.2 Å². The van der Waals surface area contributed by atoms with E-state index in [-0.39, 0.29) is 25.0 Å². The van der Waals surface area contributed by atoms with E-state index in [1.54, 1.807) is 17.9 Å². The summed E-state index contributed by atoms with van der Waals surface area (Å²) in [7, 11) is 0. The largest absolute Gasteiger partial charge is 0.461 e. The molecule has 3 aliphatic rings. The highest BCUT2D eigenvalue weighted by atomic mass is 16.6. The molecule has 2 unspecified atom stereocenters. The Bertz CT molecular complexity index is 784.